The number of H-pyrrole nitrogens is 1. The van der Waals surface area contributed by atoms with Crippen LogP contribution in [0, 0.1) is 0 Å². The molecule has 0 amide bonds. The van der Waals surface area contributed by atoms with Crippen molar-refractivity contribution in [2.75, 3.05) is 6.61 Å². The van der Waals surface area contributed by atoms with Crippen molar-refractivity contribution in [3.8, 4) is 0 Å². The zero-order chi connectivity index (χ0) is 19.6. The average Bonchev–Trinajstić information content (AvgIpc) is 2.81. The molecule has 144 valence electrons. The third kappa shape index (κ3) is 4.28. The Morgan fingerprint density at radius 2 is 2.00 bits per heavy atom. The van der Waals surface area contributed by atoms with Crippen molar-refractivity contribution in [2.24, 2.45) is 0 Å². The van der Waals surface area contributed by atoms with E-state index in [1.165, 1.54) is 0 Å². The Labute approximate surface area is 149 Å². The number of alkyl halides is 3. The molecule has 0 radical (unpaired) electrons. The molecule has 0 aromatic carbocycles. The molecule has 12 heteroatoms. The molecule has 26 heavy (non-hydrogen) atoms. The van der Waals surface area contributed by atoms with Crippen LogP contribution in [0.25, 0.3) is 0 Å². The van der Waals surface area contributed by atoms with Crippen LogP contribution in [0.1, 0.15) is 32.1 Å². The molecule has 0 bridgehead atoms. The molecule has 1 N–H and O–H groups in total. The van der Waals surface area contributed by atoms with Gasteiger partial charge < -0.3 is 14.2 Å². The van der Waals surface area contributed by atoms with Gasteiger partial charge in [0.2, 0.25) is 0 Å². The van der Waals surface area contributed by atoms with Crippen molar-refractivity contribution < 1.29 is 32.6 Å². The van der Waals surface area contributed by atoms with E-state index in [0.717, 1.165) is 13.8 Å². The molecule has 9 nitrogen and oxygen atoms in total. The molecule has 0 aliphatic carbocycles. The molecular weight excluding hydrogens is 382 g/mol. The minimum absolute atomic E-state index is 0.340. The molecule has 2 rings (SSSR count). The van der Waals surface area contributed by atoms with Crippen LogP contribution in [0.2, 0.25) is 0 Å². The molecule has 0 saturated carbocycles. The van der Waals surface area contributed by atoms with E-state index in [0.29, 0.717) is 10.8 Å². The maximum Gasteiger partial charge on any atom is 0.330 e. The minimum Gasteiger partial charge on any atom is -0.463 e. The van der Waals surface area contributed by atoms with Gasteiger partial charge in [0, 0.05) is 20.0 Å². The summed E-state index contributed by atoms with van der Waals surface area (Å²) in [4.78, 5) is 47.4. The number of carbonyl (C=O) groups excluding carboxylic acids is 2. The number of esters is 2. The summed E-state index contributed by atoms with van der Waals surface area (Å²) in [5, 5.41) is -1.17. The van der Waals surface area contributed by atoms with Crippen LogP contribution >= 0.6 is 11.6 Å². The molecule has 1 aliphatic heterocycles. The lowest BCUT2D eigenvalue weighted by Gasteiger charge is -2.19. The van der Waals surface area contributed by atoms with Crippen LogP contribution in [-0.4, -0.2) is 45.7 Å². The van der Waals surface area contributed by atoms with E-state index in [-0.39, 0.29) is 6.61 Å². The molecule has 2 heterocycles. The molecule has 1 aliphatic rings. The van der Waals surface area contributed by atoms with E-state index in [4.69, 9.17) is 25.8 Å². The number of aromatic nitrogens is 2. The molecule has 1 saturated heterocycles. The summed E-state index contributed by atoms with van der Waals surface area (Å²) < 4.78 is 41.8. The molecule has 4 atom stereocenters. The van der Waals surface area contributed by atoms with Crippen molar-refractivity contribution in [2.45, 2.75) is 44.1 Å². The summed E-state index contributed by atoms with van der Waals surface area (Å²) in [6.45, 7) is 1.92. The van der Waals surface area contributed by atoms with Crippen molar-refractivity contribution in [3.63, 3.8) is 0 Å². The Bertz CT molecular complexity index is 809. The zero-order valence-corrected chi connectivity index (χ0v) is 14.4. The van der Waals surface area contributed by atoms with E-state index in [9.17, 15) is 28.0 Å². The number of nitrogens with one attached hydrogen (secondary N) is 1. The van der Waals surface area contributed by atoms with Gasteiger partial charge in [-0.05, 0) is 0 Å². The van der Waals surface area contributed by atoms with Gasteiger partial charge in [0.15, 0.2) is 12.3 Å². The van der Waals surface area contributed by atoms with Gasteiger partial charge in [-0.2, -0.15) is 0 Å². The van der Waals surface area contributed by atoms with Gasteiger partial charge >= 0.3 is 17.6 Å². The number of rotatable bonds is 5. The van der Waals surface area contributed by atoms with Crippen LogP contribution < -0.4 is 11.2 Å². The zero-order valence-electron chi connectivity index (χ0n) is 13.6. The predicted octanol–water partition coefficient (Wildman–Crippen LogP) is 0.474. The molecule has 1 fully saturated rings. The third-order valence-electron chi connectivity index (χ3n) is 3.52. The standard InChI is InChI=1S/C14H15ClF2N2O7/c1-5(20)24-4-8-10(25-6(2)21)9(15)13(26-8)19-3-7(11(16)17)12(22)18-14(19)23/h3,8-11,13H,4H2,1-2H3,(H,18,22,23)/t8-,9?,10?,13-/m0/s1. The van der Waals surface area contributed by atoms with E-state index in [1.807, 2.05) is 0 Å². The summed E-state index contributed by atoms with van der Waals surface area (Å²) in [5.41, 5.74) is -3.23. The molecule has 1 aromatic rings. The smallest absolute Gasteiger partial charge is 0.330 e. The quantitative estimate of drug-likeness (QED) is 0.568. The average molecular weight is 397 g/mol. The fraction of sp³-hybridized carbons (Fsp3) is 0.571. The second-order valence-corrected chi connectivity index (χ2v) is 5.94. The lowest BCUT2D eigenvalue weighted by atomic mass is 10.1. The highest BCUT2D eigenvalue weighted by atomic mass is 35.5. The minimum atomic E-state index is -3.14. The summed E-state index contributed by atoms with van der Waals surface area (Å²) in [6.07, 6.45) is -6.01. The van der Waals surface area contributed by atoms with E-state index in [1.54, 1.807) is 4.98 Å². The fourth-order valence-corrected chi connectivity index (χ4v) is 2.82. The van der Waals surface area contributed by atoms with Crippen molar-refractivity contribution in [3.05, 3.63) is 32.6 Å². The Kier molecular flexibility index (Phi) is 6.13. The van der Waals surface area contributed by atoms with Crippen LogP contribution in [0.4, 0.5) is 8.78 Å². The number of halogens is 3. The van der Waals surface area contributed by atoms with Crippen LogP contribution in [-0.2, 0) is 23.8 Å². The number of hydrogen-bond donors (Lipinski definition) is 1. The number of aromatic amines is 1. The van der Waals surface area contributed by atoms with Gasteiger partial charge in [-0.3, -0.25) is 23.9 Å². The van der Waals surface area contributed by atoms with Gasteiger partial charge in [-0.25, -0.2) is 13.6 Å². The van der Waals surface area contributed by atoms with Gasteiger partial charge in [0.05, 0.1) is 5.56 Å². The Morgan fingerprint density at radius 1 is 1.35 bits per heavy atom. The van der Waals surface area contributed by atoms with E-state index >= 15 is 0 Å². The van der Waals surface area contributed by atoms with Crippen LogP contribution in [0.15, 0.2) is 15.8 Å². The van der Waals surface area contributed by atoms with Crippen LogP contribution in [0.3, 0.4) is 0 Å². The molecule has 1 aromatic heterocycles. The summed E-state index contributed by atoms with van der Waals surface area (Å²) in [7, 11) is 0. The highest BCUT2D eigenvalue weighted by Crippen LogP contribution is 2.35. The lowest BCUT2D eigenvalue weighted by Crippen LogP contribution is -2.38. The van der Waals surface area contributed by atoms with Crippen molar-refractivity contribution in [1.29, 1.82) is 0 Å². The normalized spacial score (nSPS) is 25.3. The molecular formula is C14H15ClF2N2O7. The SMILES string of the molecule is CC(=O)OC[C@@H]1O[C@H](n2cc(C(F)F)c(=O)[nH]c2=O)C(Cl)C1OC(C)=O. The Morgan fingerprint density at radius 3 is 2.54 bits per heavy atom. The number of nitrogens with zero attached hydrogens (tertiary/aromatic N) is 1. The van der Waals surface area contributed by atoms with Crippen molar-refractivity contribution in [1.82, 2.24) is 9.55 Å². The maximum absolute atomic E-state index is 12.9. The summed E-state index contributed by atoms with van der Waals surface area (Å²) in [5.74, 6) is -1.34. The molecule has 2 unspecified atom stereocenters. The van der Waals surface area contributed by atoms with Crippen molar-refractivity contribution >= 4 is 23.5 Å². The summed E-state index contributed by atoms with van der Waals surface area (Å²) in [6, 6.07) is 0. The van der Waals surface area contributed by atoms with Crippen LogP contribution in [0.5, 0.6) is 0 Å². The number of hydrogen-bond acceptors (Lipinski definition) is 7. The first kappa shape index (κ1) is 20.0. The highest BCUT2D eigenvalue weighted by Gasteiger charge is 2.48. The number of carbonyl (C=O) groups is 2. The van der Waals surface area contributed by atoms with Gasteiger partial charge in [0.1, 0.15) is 18.1 Å². The van der Waals surface area contributed by atoms with Gasteiger partial charge in [0.25, 0.3) is 12.0 Å². The first-order valence-corrected chi connectivity index (χ1v) is 7.79. The summed E-state index contributed by atoms with van der Waals surface area (Å²) >= 11 is 6.19. The highest BCUT2D eigenvalue weighted by molar-refractivity contribution is 6.21. The number of ether oxygens (including phenoxy) is 3. The Hall–Kier alpha value is -2.27. The second-order valence-electron chi connectivity index (χ2n) is 5.44. The first-order chi connectivity index (χ1) is 12.1. The maximum atomic E-state index is 12.9. The monoisotopic (exact) mass is 396 g/mol. The topological polar surface area (TPSA) is 117 Å². The first-order valence-electron chi connectivity index (χ1n) is 7.35. The van der Waals surface area contributed by atoms with E-state index < -0.39 is 59.0 Å². The van der Waals surface area contributed by atoms with Gasteiger partial charge in [-0.1, -0.05) is 0 Å². The second kappa shape index (κ2) is 7.96. The fourth-order valence-electron chi connectivity index (χ4n) is 2.43. The predicted molar refractivity (Wildman–Crippen MR) is 82.0 cm³/mol. The Balaban J connectivity index is 2.39. The lowest BCUT2D eigenvalue weighted by molar-refractivity contribution is -0.155. The molecule has 0 spiro atoms. The van der Waals surface area contributed by atoms with E-state index in [2.05, 4.69) is 0 Å². The van der Waals surface area contributed by atoms with Gasteiger partial charge in [-0.15, -0.1) is 11.6 Å². The largest absolute Gasteiger partial charge is 0.463 e. The third-order valence-corrected chi connectivity index (χ3v) is 3.99.